The molecular formula is C28H43N5O5S. The van der Waals surface area contributed by atoms with Crippen LogP contribution in [-0.2, 0) is 25.6 Å². The van der Waals surface area contributed by atoms with Gasteiger partial charge in [-0.1, -0.05) is 52.3 Å². The van der Waals surface area contributed by atoms with E-state index in [1.807, 2.05) is 58.2 Å². The highest BCUT2D eigenvalue weighted by molar-refractivity contribution is 7.98. The molecule has 10 nitrogen and oxygen atoms in total. The van der Waals surface area contributed by atoms with E-state index in [0.29, 0.717) is 18.6 Å². The average Bonchev–Trinajstić information content (AvgIpc) is 3.31. The van der Waals surface area contributed by atoms with Crippen LogP contribution in [0.1, 0.15) is 52.5 Å². The van der Waals surface area contributed by atoms with Crippen molar-refractivity contribution >= 4 is 46.4 Å². The Balaban J connectivity index is 2.32. The average molecular weight is 562 g/mol. The van der Waals surface area contributed by atoms with Crippen molar-refractivity contribution in [3.63, 3.8) is 0 Å². The zero-order valence-electron chi connectivity index (χ0n) is 23.5. The second-order valence-corrected chi connectivity index (χ2v) is 11.4. The van der Waals surface area contributed by atoms with E-state index in [1.54, 1.807) is 18.0 Å². The topological polar surface area (TPSA) is 166 Å². The number of thioether (sulfide) groups is 1. The van der Waals surface area contributed by atoms with E-state index in [-0.39, 0.29) is 24.7 Å². The van der Waals surface area contributed by atoms with Gasteiger partial charge in [0.05, 0.1) is 6.04 Å². The minimum Gasteiger partial charge on any atom is -0.480 e. The number of fused-ring (bicyclic) bond motifs is 1. The number of rotatable bonds is 16. The van der Waals surface area contributed by atoms with Gasteiger partial charge in [0, 0.05) is 23.5 Å². The molecule has 0 fully saturated rings. The predicted octanol–water partition coefficient (Wildman–Crippen LogP) is 2.42. The maximum absolute atomic E-state index is 13.5. The van der Waals surface area contributed by atoms with Gasteiger partial charge in [-0.2, -0.15) is 11.8 Å². The van der Waals surface area contributed by atoms with Crippen LogP contribution in [0.15, 0.2) is 30.5 Å². The Bertz CT molecular complexity index is 1120. The number of H-pyrrole nitrogens is 1. The number of amides is 3. The van der Waals surface area contributed by atoms with Crippen molar-refractivity contribution in [1.29, 1.82) is 0 Å². The first-order valence-electron chi connectivity index (χ1n) is 13.4. The lowest BCUT2D eigenvalue weighted by Crippen LogP contribution is -2.59. The molecule has 2 rings (SSSR count). The number of aromatic nitrogens is 1. The largest absolute Gasteiger partial charge is 0.480 e. The van der Waals surface area contributed by atoms with Gasteiger partial charge in [-0.3, -0.25) is 14.4 Å². The molecule has 0 spiro atoms. The minimum atomic E-state index is -1.14. The summed E-state index contributed by atoms with van der Waals surface area (Å²) < 4.78 is 0. The number of para-hydroxylation sites is 1. The van der Waals surface area contributed by atoms with Crippen molar-refractivity contribution in [2.75, 3.05) is 12.0 Å². The maximum Gasteiger partial charge on any atom is 0.326 e. The van der Waals surface area contributed by atoms with Crippen molar-refractivity contribution in [3.8, 4) is 0 Å². The zero-order chi connectivity index (χ0) is 29.1. The number of carboxylic acid groups (broad SMARTS) is 1. The van der Waals surface area contributed by atoms with Gasteiger partial charge >= 0.3 is 5.97 Å². The summed E-state index contributed by atoms with van der Waals surface area (Å²) in [5.74, 6) is -2.18. The fraction of sp³-hybridized carbons (Fsp3) is 0.571. The molecule has 0 radical (unpaired) electrons. The van der Waals surface area contributed by atoms with Gasteiger partial charge in [0.25, 0.3) is 0 Å². The van der Waals surface area contributed by atoms with E-state index in [4.69, 9.17) is 5.73 Å². The first-order chi connectivity index (χ1) is 18.5. The first kappa shape index (κ1) is 32.2. The zero-order valence-corrected chi connectivity index (χ0v) is 24.3. The Morgan fingerprint density at radius 1 is 1.00 bits per heavy atom. The molecule has 1 aromatic carbocycles. The van der Waals surface area contributed by atoms with Gasteiger partial charge < -0.3 is 31.8 Å². The highest BCUT2D eigenvalue weighted by atomic mass is 32.2. The van der Waals surface area contributed by atoms with Gasteiger partial charge in [-0.25, -0.2) is 4.79 Å². The smallest absolute Gasteiger partial charge is 0.326 e. The monoisotopic (exact) mass is 561 g/mol. The van der Waals surface area contributed by atoms with Crippen molar-refractivity contribution in [1.82, 2.24) is 20.9 Å². The number of aromatic amines is 1. The van der Waals surface area contributed by atoms with Crippen LogP contribution < -0.4 is 21.7 Å². The highest BCUT2D eigenvalue weighted by Gasteiger charge is 2.33. The van der Waals surface area contributed by atoms with Crippen LogP contribution in [0, 0.1) is 11.8 Å². The van der Waals surface area contributed by atoms with Crippen LogP contribution in [0.4, 0.5) is 0 Å². The Hall–Kier alpha value is -3.05. The number of carbonyl (C=O) groups is 4. The summed E-state index contributed by atoms with van der Waals surface area (Å²) in [5, 5.41) is 18.8. The van der Waals surface area contributed by atoms with Gasteiger partial charge in [0.1, 0.15) is 18.1 Å². The second kappa shape index (κ2) is 15.5. The normalized spacial score (nSPS) is 15.3. The standard InChI is InChI=1S/C28H43N5O5S/c1-6-17(4)24(33-25(34)20(29)11-12-39-5)27(36)31-22(26(35)32-23(28(37)38)13-16(2)3)14-18-15-30-21-10-8-7-9-19(18)21/h7-10,15-17,20,22-24,30H,6,11-14,29H2,1-5H3,(H,31,36)(H,32,35)(H,33,34)(H,37,38). The minimum absolute atomic E-state index is 0.0355. The third kappa shape index (κ3) is 9.58. The van der Waals surface area contributed by atoms with Gasteiger partial charge in [0.15, 0.2) is 0 Å². The molecule has 0 aliphatic carbocycles. The van der Waals surface area contributed by atoms with Crippen LogP contribution in [0.2, 0.25) is 0 Å². The van der Waals surface area contributed by atoms with Crippen LogP contribution in [0.3, 0.4) is 0 Å². The molecule has 216 valence electrons. The van der Waals surface area contributed by atoms with Crippen LogP contribution >= 0.6 is 11.8 Å². The van der Waals surface area contributed by atoms with Crippen molar-refractivity contribution in [2.24, 2.45) is 17.6 Å². The Labute approximate surface area is 234 Å². The van der Waals surface area contributed by atoms with Crippen LogP contribution in [0.25, 0.3) is 10.9 Å². The number of hydrogen-bond acceptors (Lipinski definition) is 6. The second-order valence-electron chi connectivity index (χ2n) is 10.4. The molecule has 0 aliphatic heterocycles. The fourth-order valence-electron chi connectivity index (χ4n) is 4.29. The van der Waals surface area contributed by atoms with Gasteiger partial charge in [-0.15, -0.1) is 0 Å². The SMILES string of the molecule is CCC(C)C(NC(=O)C(N)CCSC)C(=O)NC(Cc1c[nH]c2ccccc12)C(=O)NC(CC(C)C)C(=O)O. The Morgan fingerprint density at radius 3 is 2.28 bits per heavy atom. The van der Waals surface area contributed by atoms with E-state index in [0.717, 1.165) is 16.5 Å². The summed E-state index contributed by atoms with van der Waals surface area (Å²) in [5.41, 5.74) is 7.70. The molecule has 3 amide bonds. The molecular weight excluding hydrogens is 518 g/mol. The Kier molecular flexibility index (Phi) is 12.8. The summed E-state index contributed by atoms with van der Waals surface area (Å²) in [6, 6.07) is 3.76. The predicted molar refractivity (Wildman–Crippen MR) is 155 cm³/mol. The molecule has 0 bridgehead atoms. The molecule has 5 unspecified atom stereocenters. The summed E-state index contributed by atoms with van der Waals surface area (Å²) >= 11 is 1.58. The number of nitrogens with one attached hydrogen (secondary N) is 4. The molecule has 11 heteroatoms. The van der Waals surface area contributed by atoms with Gasteiger partial charge in [0.2, 0.25) is 17.7 Å². The number of nitrogens with two attached hydrogens (primary N) is 1. The van der Waals surface area contributed by atoms with Gasteiger partial charge in [-0.05, 0) is 48.3 Å². The summed E-state index contributed by atoms with van der Waals surface area (Å²) in [6.07, 6.45) is 5.15. The summed E-state index contributed by atoms with van der Waals surface area (Å²) in [6.45, 7) is 7.49. The summed E-state index contributed by atoms with van der Waals surface area (Å²) in [7, 11) is 0. The molecule has 39 heavy (non-hydrogen) atoms. The third-order valence-corrected chi connectivity index (χ3v) is 7.46. The molecule has 0 saturated heterocycles. The molecule has 1 aromatic heterocycles. The highest BCUT2D eigenvalue weighted by Crippen LogP contribution is 2.20. The van der Waals surface area contributed by atoms with E-state index < -0.39 is 47.9 Å². The Morgan fingerprint density at radius 2 is 1.67 bits per heavy atom. The molecule has 1 heterocycles. The number of carboxylic acids is 1. The molecule has 2 aromatic rings. The number of aliphatic carboxylic acids is 1. The molecule has 7 N–H and O–H groups in total. The number of carbonyl (C=O) groups excluding carboxylic acids is 3. The lowest BCUT2D eigenvalue weighted by atomic mass is 9.96. The fourth-order valence-corrected chi connectivity index (χ4v) is 4.78. The van der Waals surface area contributed by atoms with Crippen molar-refractivity contribution in [2.45, 2.75) is 77.5 Å². The van der Waals surface area contributed by atoms with Crippen LogP contribution in [-0.4, -0.2) is 70.0 Å². The quantitative estimate of drug-likeness (QED) is 0.183. The third-order valence-electron chi connectivity index (χ3n) is 6.82. The first-order valence-corrected chi connectivity index (χ1v) is 14.8. The lowest BCUT2D eigenvalue weighted by molar-refractivity contribution is -0.142. The van der Waals surface area contributed by atoms with Crippen molar-refractivity contribution < 1.29 is 24.3 Å². The van der Waals surface area contributed by atoms with E-state index >= 15 is 0 Å². The number of hydrogen-bond donors (Lipinski definition) is 6. The molecule has 5 atom stereocenters. The van der Waals surface area contributed by atoms with E-state index in [1.165, 1.54) is 0 Å². The lowest BCUT2D eigenvalue weighted by Gasteiger charge is -2.28. The van der Waals surface area contributed by atoms with Crippen LogP contribution in [0.5, 0.6) is 0 Å². The molecule has 0 saturated carbocycles. The molecule has 0 aliphatic rings. The van der Waals surface area contributed by atoms with E-state index in [9.17, 15) is 24.3 Å². The summed E-state index contributed by atoms with van der Waals surface area (Å²) in [4.78, 5) is 54.7. The van der Waals surface area contributed by atoms with E-state index in [2.05, 4.69) is 20.9 Å². The van der Waals surface area contributed by atoms with Crippen molar-refractivity contribution in [3.05, 3.63) is 36.0 Å². The maximum atomic E-state index is 13.5. The number of benzene rings is 1.